The van der Waals surface area contributed by atoms with Crippen LogP contribution in [-0.4, -0.2) is 32.0 Å². The van der Waals surface area contributed by atoms with Crippen LogP contribution in [0, 0.1) is 17.5 Å². The minimum absolute atomic E-state index is 0.0709. The van der Waals surface area contributed by atoms with Crippen molar-refractivity contribution in [3.05, 3.63) is 29.6 Å². The fourth-order valence-electron chi connectivity index (χ4n) is 1.27. The molecule has 2 rings (SSSR count). The lowest BCUT2D eigenvalue weighted by Gasteiger charge is -2.00. The molecule has 0 amide bonds. The van der Waals surface area contributed by atoms with Gasteiger partial charge in [0.15, 0.2) is 23.3 Å². The van der Waals surface area contributed by atoms with Crippen LogP contribution in [0.1, 0.15) is 0 Å². The summed E-state index contributed by atoms with van der Waals surface area (Å²) in [6.45, 7) is 0. The molecule has 9 heteroatoms. The van der Waals surface area contributed by atoms with E-state index in [1.807, 2.05) is 0 Å². The average Bonchev–Trinajstić information content (AvgIpc) is 2.82. The Balaban J connectivity index is 2.28. The molecule has 19 heavy (non-hydrogen) atoms. The molecule has 100 valence electrons. The molecule has 2 N–H and O–H groups in total. The maximum atomic E-state index is 13.5. The first kappa shape index (κ1) is 13.4. The van der Waals surface area contributed by atoms with Crippen molar-refractivity contribution >= 4 is 17.7 Å². The number of aromatic nitrogens is 3. The maximum Gasteiger partial charge on any atom is 0.313 e. The molecule has 0 bridgehead atoms. The summed E-state index contributed by atoms with van der Waals surface area (Å²) in [6, 6.07) is 1.78. The van der Waals surface area contributed by atoms with Gasteiger partial charge in [0.25, 0.3) is 0 Å². The molecule has 0 unspecified atom stereocenters. The van der Waals surface area contributed by atoms with E-state index in [1.54, 1.807) is 0 Å². The Morgan fingerprint density at radius 3 is 2.74 bits per heavy atom. The van der Waals surface area contributed by atoms with Gasteiger partial charge in [-0.2, -0.15) is 0 Å². The molecule has 1 aromatic carbocycles. The zero-order valence-corrected chi connectivity index (χ0v) is 9.97. The number of nitrogens with zero attached hydrogens (tertiary/aromatic N) is 2. The molecule has 0 aliphatic heterocycles. The van der Waals surface area contributed by atoms with E-state index in [2.05, 4.69) is 15.2 Å². The largest absolute Gasteiger partial charge is 0.481 e. The van der Waals surface area contributed by atoms with Crippen LogP contribution in [0.15, 0.2) is 17.3 Å². The Kier molecular flexibility index (Phi) is 3.74. The third kappa shape index (κ3) is 2.87. The van der Waals surface area contributed by atoms with Gasteiger partial charge in [0.05, 0.1) is 11.3 Å². The minimum atomic E-state index is -1.60. The van der Waals surface area contributed by atoms with Crippen molar-refractivity contribution in [1.82, 2.24) is 15.2 Å². The Morgan fingerprint density at radius 1 is 1.32 bits per heavy atom. The van der Waals surface area contributed by atoms with Crippen LogP contribution in [0.3, 0.4) is 0 Å². The summed E-state index contributed by atoms with van der Waals surface area (Å²) in [5.74, 6) is -5.72. The number of carbonyl (C=O) groups is 1. The molecule has 1 aromatic heterocycles. The molecule has 0 aliphatic carbocycles. The Bertz CT molecular complexity index is 632. The number of rotatable bonds is 4. The summed E-state index contributed by atoms with van der Waals surface area (Å²) in [4.78, 5) is 14.1. The zero-order valence-electron chi connectivity index (χ0n) is 9.15. The van der Waals surface area contributed by atoms with Gasteiger partial charge in [-0.15, -0.1) is 5.10 Å². The molecular formula is C10H6F3N3O2S. The summed E-state index contributed by atoms with van der Waals surface area (Å²) >= 11 is 0.814. The Hall–Kier alpha value is -2.03. The van der Waals surface area contributed by atoms with Crippen molar-refractivity contribution in [3.8, 4) is 11.4 Å². The second-order valence-electron chi connectivity index (χ2n) is 3.37. The third-order valence-corrected chi connectivity index (χ3v) is 2.91. The summed E-state index contributed by atoms with van der Waals surface area (Å²) in [6.07, 6.45) is 0. The van der Waals surface area contributed by atoms with Crippen LogP contribution in [0.25, 0.3) is 11.4 Å². The van der Waals surface area contributed by atoms with Crippen LogP contribution < -0.4 is 0 Å². The number of H-pyrrole nitrogens is 1. The van der Waals surface area contributed by atoms with E-state index in [0.29, 0.717) is 0 Å². The predicted molar refractivity (Wildman–Crippen MR) is 60.1 cm³/mol. The third-order valence-electron chi connectivity index (χ3n) is 2.08. The van der Waals surface area contributed by atoms with Gasteiger partial charge in [-0.25, -0.2) is 18.2 Å². The quantitative estimate of drug-likeness (QED) is 0.665. The first-order valence-corrected chi connectivity index (χ1v) is 5.88. The minimum Gasteiger partial charge on any atom is -0.481 e. The van der Waals surface area contributed by atoms with Crippen LogP contribution in [0.2, 0.25) is 0 Å². The number of aromatic amines is 1. The molecule has 2 aromatic rings. The monoisotopic (exact) mass is 289 g/mol. The number of nitrogens with one attached hydrogen (secondary N) is 1. The van der Waals surface area contributed by atoms with E-state index in [1.165, 1.54) is 0 Å². The summed E-state index contributed by atoms with van der Waals surface area (Å²) < 4.78 is 39.3. The molecule has 0 spiro atoms. The van der Waals surface area contributed by atoms with Crippen LogP contribution in [0.5, 0.6) is 0 Å². The second-order valence-corrected chi connectivity index (χ2v) is 4.31. The smallest absolute Gasteiger partial charge is 0.313 e. The summed E-state index contributed by atoms with van der Waals surface area (Å²) in [5.41, 5.74) is -0.284. The van der Waals surface area contributed by atoms with E-state index in [4.69, 9.17) is 5.11 Å². The fourth-order valence-corrected chi connectivity index (χ4v) is 1.79. The van der Waals surface area contributed by atoms with Gasteiger partial charge in [0, 0.05) is 0 Å². The summed E-state index contributed by atoms with van der Waals surface area (Å²) in [5, 5.41) is 14.5. The van der Waals surface area contributed by atoms with E-state index < -0.39 is 23.4 Å². The van der Waals surface area contributed by atoms with Gasteiger partial charge in [-0.1, -0.05) is 11.8 Å². The molecule has 0 aliphatic rings. The maximum absolute atomic E-state index is 13.5. The lowest BCUT2D eigenvalue weighted by molar-refractivity contribution is -0.133. The molecule has 1 heterocycles. The highest BCUT2D eigenvalue weighted by atomic mass is 32.2. The van der Waals surface area contributed by atoms with Crippen molar-refractivity contribution in [1.29, 1.82) is 0 Å². The van der Waals surface area contributed by atoms with E-state index in [9.17, 15) is 18.0 Å². The normalized spacial score (nSPS) is 10.7. The highest BCUT2D eigenvalue weighted by molar-refractivity contribution is 7.99. The average molecular weight is 289 g/mol. The molecule has 0 atom stereocenters. The Morgan fingerprint density at radius 2 is 2.05 bits per heavy atom. The van der Waals surface area contributed by atoms with Crippen LogP contribution in [-0.2, 0) is 4.79 Å². The number of carboxylic acid groups (broad SMARTS) is 1. The van der Waals surface area contributed by atoms with Gasteiger partial charge in [0.1, 0.15) is 0 Å². The zero-order chi connectivity index (χ0) is 14.0. The van der Waals surface area contributed by atoms with Crippen molar-refractivity contribution < 1.29 is 23.1 Å². The van der Waals surface area contributed by atoms with Gasteiger partial charge >= 0.3 is 5.97 Å². The Labute approximate surface area is 108 Å². The highest BCUT2D eigenvalue weighted by Gasteiger charge is 2.17. The number of hydrogen-bond donors (Lipinski definition) is 2. The standard InChI is InChI=1S/C10H6F3N3O2S/c11-5-2-1-4(7(12)8(5)13)9-14-10(16-15-9)19-3-6(17)18/h1-2H,3H2,(H,17,18)(H,14,15,16). The highest BCUT2D eigenvalue weighted by Crippen LogP contribution is 2.24. The number of thioether (sulfide) groups is 1. The lowest BCUT2D eigenvalue weighted by Crippen LogP contribution is -1.98. The van der Waals surface area contributed by atoms with Gasteiger partial charge in [-0.05, 0) is 12.1 Å². The molecule has 0 saturated carbocycles. The van der Waals surface area contributed by atoms with Gasteiger partial charge in [-0.3, -0.25) is 9.89 Å². The number of hydrogen-bond acceptors (Lipinski definition) is 4. The van der Waals surface area contributed by atoms with E-state index in [0.717, 1.165) is 23.9 Å². The number of aliphatic carboxylic acids is 1. The van der Waals surface area contributed by atoms with Crippen molar-refractivity contribution in [3.63, 3.8) is 0 Å². The molecule has 0 saturated heterocycles. The topological polar surface area (TPSA) is 78.9 Å². The van der Waals surface area contributed by atoms with Crippen molar-refractivity contribution in [2.45, 2.75) is 5.16 Å². The molecule has 0 fully saturated rings. The van der Waals surface area contributed by atoms with Crippen molar-refractivity contribution in [2.24, 2.45) is 0 Å². The number of benzene rings is 1. The first-order chi connectivity index (χ1) is 8.99. The van der Waals surface area contributed by atoms with Crippen LogP contribution >= 0.6 is 11.8 Å². The second kappa shape index (κ2) is 5.31. The van der Waals surface area contributed by atoms with Crippen molar-refractivity contribution in [2.75, 3.05) is 5.75 Å². The van der Waals surface area contributed by atoms with Gasteiger partial charge < -0.3 is 5.11 Å². The fraction of sp³-hybridized carbons (Fsp3) is 0.100. The molecule has 5 nitrogen and oxygen atoms in total. The molecular weight excluding hydrogens is 283 g/mol. The van der Waals surface area contributed by atoms with Gasteiger partial charge in [0.2, 0.25) is 5.16 Å². The van der Waals surface area contributed by atoms with E-state index >= 15 is 0 Å². The van der Waals surface area contributed by atoms with E-state index in [-0.39, 0.29) is 22.3 Å². The number of carboxylic acids is 1. The molecule has 0 radical (unpaired) electrons. The predicted octanol–water partition coefficient (Wildman–Crippen LogP) is 2.07. The first-order valence-electron chi connectivity index (χ1n) is 4.90. The van der Waals surface area contributed by atoms with Crippen LogP contribution in [0.4, 0.5) is 13.2 Å². The lowest BCUT2D eigenvalue weighted by atomic mass is 10.2. The SMILES string of the molecule is O=C(O)CSc1n[nH]c(-c2ccc(F)c(F)c2F)n1. The number of halogens is 3. The summed E-state index contributed by atoms with van der Waals surface area (Å²) in [7, 11) is 0.